The molecule has 14 heteroatoms. The molecule has 0 aliphatic carbocycles. The average molecular weight is 432 g/mol. The number of aliphatic carboxylic acids is 1. The first kappa shape index (κ1) is 26.7. The first-order chi connectivity index (χ1) is 13.8. The third-order valence-corrected chi connectivity index (χ3v) is 3.83. The number of aliphatic hydroxyl groups is 1. The van der Waals surface area contributed by atoms with Crippen LogP contribution in [0.3, 0.4) is 0 Å². The highest BCUT2D eigenvalue weighted by atomic mass is 16.4. The second-order valence-electron chi connectivity index (χ2n) is 6.52. The highest BCUT2D eigenvalue weighted by Gasteiger charge is 2.31. The number of hydrogen-bond donors (Lipinski definition) is 8. The van der Waals surface area contributed by atoms with Crippen molar-refractivity contribution in [3.63, 3.8) is 0 Å². The van der Waals surface area contributed by atoms with Crippen molar-refractivity contribution >= 4 is 35.5 Å². The van der Waals surface area contributed by atoms with E-state index in [1.807, 2.05) is 5.32 Å². The lowest BCUT2D eigenvalue weighted by molar-refractivity contribution is -0.139. The van der Waals surface area contributed by atoms with E-state index in [4.69, 9.17) is 22.3 Å². The second-order valence-corrected chi connectivity index (χ2v) is 6.52. The van der Waals surface area contributed by atoms with Crippen LogP contribution in [-0.2, 0) is 28.8 Å². The lowest BCUT2D eigenvalue weighted by atomic mass is 10.1. The Kier molecular flexibility index (Phi) is 11.6. The van der Waals surface area contributed by atoms with Crippen LogP contribution in [0.4, 0.5) is 0 Å². The Morgan fingerprint density at radius 1 is 0.867 bits per heavy atom. The van der Waals surface area contributed by atoms with Crippen molar-refractivity contribution < 1.29 is 39.0 Å². The number of carboxylic acids is 1. The normalized spacial score (nSPS) is 14.5. The van der Waals surface area contributed by atoms with Gasteiger partial charge in [-0.2, -0.15) is 0 Å². The minimum absolute atomic E-state index is 0.0891. The van der Waals surface area contributed by atoms with Gasteiger partial charge in [-0.1, -0.05) is 0 Å². The molecule has 0 aromatic heterocycles. The SMILES string of the molecule is CC(O)C(NC(=O)C(N)CCC(N)=O)C(=O)NC(CCC(N)=O)C(=O)NCC(=O)O. The third kappa shape index (κ3) is 10.9. The van der Waals surface area contributed by atoms with Gasteiger partial charge in [0.1, 0.15) is 18.6 Å². The van der Waals surface area contributed by atoms with Gasteiger partial charge in [-0.15, -0.1) is 0 Å². The van der Waals surface area contributed by atoms with Gasteiger partial charge in [0, 0.05) is 12.8 Å². The van der Waals surface area contributed by atoms with Crippen LogP contribution < -0.4 is 33.2 Å². The quantitative estimate of drug-likeness (QED) is 0.131. The maximum Gasteiger partial charge on any atom is 0.322 e. The van der Waals surface area contributed by atoms with Gasteiger partial charge in [-0.05, 0) is 19.8 Å². The molecule has 0 fully saturated rings. The van der Waals surface area contributed by atoms with Crippen LogP contribution in [0.25, 0.3) is 0 Å². The molecule has 0 rings (SSSR count). The zero-order chi connectivity index (χ0) is 23.4. The fourth-order valence-corrected chi connectivity index (χ4v) is 2.20. The van der Waals surface area contributed by atoms with Gasteiger partial charge in [-0.3, -0.25) is 28.8 Å². The van der Waals surface area contributed by atoms with Gasteiger partial charge in [0.2, 0.25) is 29.5 Å². The molecule has 5 amide bonds. The van der Waals surface area contributed by atoms with Gasteiger partial charge in [0.15, 0.2) is 0 Å². The summed E-state index contributed by atoms with van der Waals surface area (Å²) in [5.41, 5.74) is 15.6. The molecule has 0 spiro atoms. The Bertz CT molecular complexity index is 668. The summed E-state index contributed by atoms with van der Waals surface area (Å²) in [4.78, 5) is 69.1. The monoisotopic (exact) mass is 432 g/mol. The number of aliphatic hydroxyl groups excluding tert-OH is 1. The predicted molar refractivity (Wildman–Crippen MR) is 101 cm³/mol. The van der Waals surface area contributed by atoms with Gasteiger partial charge >= 0.3 is 5.97 Å². The highest BCUT2D eigenvalue weighted by molar-refractivity contribution is 5.94. The first-order valence-electron chi connectivity index (χ1n) is 8.95. The zero-order valence-electron chi connectivity index (χ0n) is 16.4. The first-order valence-corrected chi connectivity index (χ1v) is 8.95. The lowest BCUT2D eigenvalue weighted by Gasteiger charge is -2.25. The summed E-state index contributed by atoms with van der Waals surface area (Å²) in [6, 6.07) is -4.07. The largest absolute Gasteiger partial charge is 0.480 e. The van der Waals surface area contributed by atoms with E-state index in [2.05, 4.69) is 10.6 Å². The molecule has 0 bridgehead atoms. The van der Waals surface area contributed by atoms with E-state index in [-0.39, 0.29) is 25.7 Å². The Labute approximate surface area is 171 Å². The molecule has 0 aliphatic rings. The maximum atomic E-state index is 12.5. The van der Waals surface area contributed by atoms with E-state index >= 15 is 0 Å². The van der Waals surface area contributed by atoms with Crippen molar-refractivity contribution in [1.29, 1.82) is 0 Å². The summed E-state index contributed by atoms with van der Waals surface area (Å²) in [6.45, 7) is 0.468. The standard InChI is InChI=1S/C16H28N6O8/c1-7(23)13(22-14(28)8(17)2-4-10(18)24)16(30)21-9(3-5-11(19)25)15(29)20-6-12(26)27/h7-9,13,23H,2-6,17H2,1H3,(H2,18,24)(H2,19,25)(H,20,29)(H,21,30)(H,22,28)(H,26,27). The summed E-state index contributed by atoms with van der Waals surface area (Å²) in [5.74, 6) is -5.50. The molecule has 0 aromatic carbocycles. The van der Waals surface area contributed by atoms with Crippen LogP contribution in [0, 0.1) is 0 Å². The fraction of sp³-hybridized carbons (Fsp3) is 0.625. The molecule has 11 N–H and O–H groups in total. The minimum atomic E-state index is -1.53. The molecule has 14 nitrogen and oxygen atoms in total. The molecular formula is C16H28N6O8. The molecule has 0 heterocycles. The molecule has 4 unspecified atom stereocenters. The predicted octanol–water partition coefficient (Wildman–Crippen LogP) is -4.60. The smallest absolute Gasteiger partial charge is 0.322 e. The molecule has 170 valence electrons. The zero-order valence-corrected chi connectivity index (χ0v) is 16.4. The van der Waals surface area contributed by atoms with Gasteiger partial charge in [-0.25, -0.2) is 0 Å². The molecule has 0 saturated heterocycles. The Balaban J connectivity index is 5.18. The number of amides is 5. The van der Waals surface area contributed by atoms with E-state index < -0.39 is 66.3 Å². The Hall–Kier alpha value is -3.26. The van der Waals surface area contributed by atoms with Crippen LogP contribution >= 0.6 is 0 Å². The van der Waals surface area contributed by atoms with Crippen LogP contribution in [-0.4, -0.2) is 76.5 Å². The Morgan fingerprint density at radius 3 is 1.87 bits per heavy atom. The third-order valence-electron chi connectivity index (χ3n) is 3.83. The molecule has 4 atom stereocenters. The fourth-order valence-electron chi connectivity index (χ4n) is 2.20. The summed E-state index contributed by atoms with van der Waals surface area (Å²) in [5, 5.41) is 25.0. The van der Waals surface area contributed by atoms with E-state index in [1.165, 1.54) is 6.92 Å². The van der Waals surface area contributed by atoms with Gasteiger partial charge < -0.3 is 43.4 Å². The van der Waals surface area contributed by atoms with Crippen molar-refractivity contribution in [2.24, 2.45) is 17.2 Å². The summed E-state index contributed by atoms with van der Waals surface area (Å²) >= 11 is 0. The van der Waals surface area contributed by atoms with Crippen LogP contribution in [0.1, 0.15) is 32.6 Å². The molecule has 0 aliphatic heterocycles. The van der Waals surface area contributed by atoms with E-state index in [9.17, 15) is 33.9 Å². The van der Waals surface area contributed by atoms with Crippen molar-refractivity contribution in [3.8, 4) is 0 Å². The van der Waals surface area contributed by atoms with Crippen molar-refractivity contribution in [2.45, 2.75) is 56.8 Å². The lowest BCUT2D eigenvalue weighted by Crippen LogP contribution is -2.59. The number of nitrogens with two attached hydrogens (primary N) is 3. The van der Waals surface area contributed by atoms with Crippen LogP contribution in [0.15, 0.2) is 0 Å². The molecule has 30 heavy (non-hydrogen) atoms. The van der Waals surface area contributed by atoms with Crippen LogP contribution in [0.2, 0.25) is 0 Å². The van der Waals surface area contributed by atoms with E-state index in [1.54, 1.807) is 0 Å². The second kappa shape index (κ2) is 13.1. The minimum Gasteiger partial charge on any atom is -0.480 e. The number of rotatable bonds is 14. The molecule has 0 aromatic rings. The number of carbonyl (C=O) groups is 6. The van der Waals surface area contributed by atoms with E-state index in [0.717, 1.165) is 0 Å². The summed E-state index contributed by atoms with van der Waals surface area (Å²) in [6.07, 6.45) is -2.20. The number of nitrogens with one attached hydrogen (secondary N) is 3. The number of primary amides is 2. The van der Waals surface area contributed by atoms with Crippen molar-refractivity contribution in [3.05, 3.63) is 0 Å². The molecule has 0 saturated carbocycles. The van der Waals surface area contributed by atoms with Gasteiger partial charge in [0.05, 0.1) is 12.1 Å². The summed E-state index contributed by atoms with van der Waals surface area (Å²) in [7, 11) is 0. The number of carbonyl (C=O) groups excluding carboxylic acids is 5. The van der Waals surface area contributed by atoms with E-state index in [0.29, 0.717) is 0 Å². The van der Waals surface area contributed by atoms with Crippen molar-refractivity contribution in [2.75, 3.05) is 6.54 Å². The number of carboxylic acid groups (broad SMARTS) is 1. The summed E-state index contributed by atoms with van der Waals surface area (Å²) < 4.78 is 0. The van der Waals surface area contributed by atoms with Gasteiger partial charge in [0.25, 0.3) is 0 Å². The maximum absolute atomic E-state index is 12.5. The average Bonchev–Trinajstić information content (AvgIpc) is 2.64. The Morgan fingerprint density at radius 2 is 1.40 bits per heavy atom. The topological polar surface area (TPSA) is 257 Å². The van der Waals surface area contributed by atoms with Crippen LogP contribution in [0.5, 0.6) is 0 Å². The number of hydrogen-bond acceptors (Lipinski definition) is 8. The van der Waals surface area contributed by atoms with Crippen molar-refractivity contribution in [1.82, 2.24) is 16.0 Å². The highest BCUT2D eigenvalue weighted by Crippen LogP contribution is 2.02. The molecule has 0 radical (unpaired) electrons. The molecular weight excluding hydrogens is 404 g/mol.